The highest BCUT2D eigenvalue weighted by atomic mass is 15.3. The average molecular weight is 259 g/mol. The fourth-order valence-electron chi connectivity index (χ4n) is 2.26. The molecule has 0 amide bonds. The number of hydrogen-bond donors (Lipinski definition) is 0. The first kappa shape index (κ1) is 10.9. The average Bonchev–Trinajstić information content (AvgIpc) is 2.55. The Labute approximate surface area is 114 Å². The quantitative estimate of drug-likeness (QED) is 0.492. The molecule has 1 aromatic carbocycles. The Morgan fingerprint density at radius 2 is 1.75 bits per heavy atom. The zero-order valence-corrected chi connectivity index (χ0v) is 10.4. The second-order valence-electron chi connectivity index (χ2n) is 4.41. The summed E-state index contributed by atoms with van der Waals surface area (Å²) in [4.78, 5) is 9.06. The van der Waals surface area contributed by atoms with Crippen LogP contribution in [-0.2, 0) is 0 Å². The van der Waals surface area contributed by atoms with Gasteiger partial charge in [0, 0.05) is 17.0 Å². The van der Waals surface area contributed by atoms with Crippen molar-refractivity contribution in [2.75, 3.05) is 0 Å². The molecule has 20 heavy (non-hydrogen) atoms. The second-order valence-corrected chi connectivity index (χ2v) is 4.41. The van der Waals surface area contributed by atoms with Crippen LogP contribution in [0.3, 0.4) is 0 Å². The van der Waals surface area contributed by atoms with E-state index in [-0.39, 0.29) is 0 Å². The van der Waals surface area contributed by atoms with Gasteiger partial charge in [-0.2, -0.15) is 0 Å². The van der Waals surface area contributed by atoms with E-state index in [4.69, 9.17) is 4.98 Å². The van der Waals surface area contributed by atoms with Gasteiger partial charge in [-0.05, 0) is 35.5 Å². The molecule has 3 aromatic heterocycles. The van der Waals surface area contributed by atoms with Gasteiger partial charge < -0.3 is 0 Å². The zero-order chi connectivity index (χ0) is 13.4. The second kappa shape index (κ2) is 4.31. The maximum absolute atomic E-state index is 4.70. The minimum absolute atomic E-state index is 0.711. The van der Waals surface area contributed by atoms with E-state index in [0.717, 1.165) is 27.5 Å². The molecule has 0 bridgehead atoms. The summed E-state index contributed by atoms with van der Waals surface area (Å²) in [6, 6.07) is 13.7. The van der Waals surface area contributed by atoms with Crippen molar-refractivity contribution in [2.24, 2.45) is 0 Å². The molecule has 5 heteroatoms. The van der Waals surface area contributed by atoms with E-state index in [0.29, 0.717) is 5.69 Å². The standard InChI is InChI=1S/C15H9N5/c1-2-11-12(16-8-1)5-3-10-4-6-13(18-15(10)11)14-7-9-17-20-19-14/h1-9H. The highest BCUT2D eigenvalue weighted by Gasteiger charge is 2.06. The molecule has 0 N–H and O–H groups in total. The van der Waals surface area contributed by atoms with Crippen LogP contribution < -0.4 is 0 Å². The molecule has 4 aromatic rings. The Morgan fingerprint density at radius 3 is 2.65 bits per heavy atom. The molecule has 5 nitrogen and oxygen atoms in total. The summed E-state index contributed by atoms with van der Waals surface area (Å²) < 4.78 is 0. The molecule has 0 saturated heterocycles. The third-order valence-electron chi connectivity index (χ3n) is 3.21. The number of pyridine rings is 2. The van der Waals surface area contributed by atoms with Crippen LogP contribution >= 0.6 is 0 Å². The van der Waals surface area contributed by atoms with Crippen molar-refractivity contribution in [1.82, 2.24) is 25.4 Å². The smallest absolute Gasteiger partial charge is 0.115 e. The van der Waals surface area contributed by atoms with Crippen LogP contribution in [0.1, 0.15) is 0 Å². The highest BCUT2D eigenvalue weighted by molar-refractivity contribution is 6.04. The van der Waals surface area contributed by atoms with Crippen LogP contribution in [-0.4, -0.2) is 25.4 Å². The van der Waals surface area contributed by atoms with Gasteiger partial charge in [-0.1, -0.05) is 12.1 Å². The van der Waals surface area contributed by atoms with Crippen molar-refractivity contribution in [1.29, 1.82) is 0 Å². The Bertz CT molecular complexity index is 905. The molecule has 0 atom stereocenters. The van der Waals surface area contributed by atoms with Crippen LogP contribution in [0.4, 0.5) is 0 Å². The molecule has 0 aliphatic carbocycles. The minimum Gasteiger partial charge on any atom is -0.256 e. The van der Waals surface area contributed by atoms with Crippen molar-refractivity contribution in [2.45, 2.75) is 0 Å². The van der Waals surface area contributed by atoms with E-state index in [9.17, 15) is 0 Å². The lowest BCUT2D eigenvalue weighted by Gasteiger charge is -2.04. The van der Waals surface area contributed by atoms with Gasteiger partial charge in [0.05, 0.1) is 22.9 Å². The summed E-state index contributed by atoms with van der Waals surface area (Å²) in [5, 5.41) is 13.4. The van der Waals surface area contributed by atoms with E-state index in [1.807, 2.05) is 36.4 Å². The maximum Gasteiger partial charge on any atom is 0.115 e. The van der Waals surface area contributed by atoms with Gasteiger partial charge in [-0.25, -0.2) is 4.98 Å². The van der Waals surface area contributed by atoms with Crippen LogP contribution in [0.2, 0.25) is 0 Å². The normalized spacial score (nSPS) is 11.0. The third kappa shape index (κ3) is 1.68. The summed E-state index contributed by atoms with van der Waals surface area (Å²) in [5.41, 5.74) is 3.35. The predicted molar refractivity (Wildman–Crippen MR) is 75.9 cm³/mol. The van der Waals surface area contributed by atoms with Crippen molar-refractivity contribution in [3.8, 4) is 11.4 Å². The predicted octanol–water partition coefficient (Wildman–Crippen LogP) is 2.64. The monoisotopic (exact) mass is 259 g/mol. The van der Waals surface area contributed by atoms with Crippen molar-refractivity contribution in [3.63, 3.8) is 0 Å². The number of rotatable bonds is 1. The van der Waals surface area contributed by atoms with E-state index in [1.165, 1.54) is 0 Å². The van der Waals surface area contributed by atoms with Gasteiger partial charge in [-0.15, -0.1) is 10.2 Å². The summed E-state index contributed by atoms with van der Waals surface area (Å²) in [6.45, 7) is 0. The first-order valence-electron chi connectivity index (χ1n) is 6.21. The number of fused-ring (bicyclic) bond motifs is 3. The van der Waals surface area contributed by atoms with Crippen LogP contribution in [0.15, 0.2) is 54.9 Å². The molecule has 0 saturated carbocycles. The maximum atomic E-state index is 4.70. The SMILES string of the molecule is c1cnc2ccc3ccc(-c4ccnnn4)nc3c2c1. The van der Waals surface area contributed by atoms with E-state index in [1.54, 1.807) is 18.5 Å². The van der Waals surface area contributed by atoms with Crippen molar-refractivity contribution >= 4 is 21.8 Å². The van der Waals surface area contributed by atoms with Crippen LogP contribution in [0.5, 0.6) is 0 Å². The van der Waals surface area contributed by atoms with Gasteiger partial charge in [0.25, 0.3) is 0 Å². The molecule has 94 valence electrons. The molecule has 0 spiro atoms. The number of benzene rings is 1. The number of hydrogen-bond acceptors (Lipinski definition) is 5. The summed E-state index contributed by atoms with van der Waals surface area (Å²) in [5.74, 6) is 0. The largest absolute Gasteiger partial charge is 0.256 e. The topological polar surface area (TPSA) is 64.5 Å². The van der Waals surface area contributed by atoms with E-state index in [2.05, 4.69) is 20.4 Å². The molecule has 3 heterocycles. The Kier molecular flexibility index (Phi) is 2.35. The molecule has 0 radical (unpaired) electrons. The lowest BCUT2D eigenvalue weighted by molar-refractivity contribution is 0.868. The van der Waals surface area contributed by atoms with Gasteiger partial charge in [0.2, 0.25) is 0 Å². The van der Waals surface area contributed by atoms with Gasteiger partial charge >= 0.3 is 0 Å². The Balaban J connectivity index is 2.05. The fourth-order valence-corrected chi connectivity index (χ4v) is 2.26. The summed E-state index contributed by atoms with van der Waals surface area (Å²) in [7, 11) is 0. The molecule has 0 aliphatic heterocycles. The van der Waals surface area contributed by atoms with Gasteiger partial charge in [0.15, 0.2) is 0 Å². The van der Waals surface area contributed by atoms with Gasteiger partial charge in [-0.3, -0.25) is 4.98 Å². The third-order valence-corrected chi connectivity index (χ3v) is 3.21. The molecule has 0 fully saturated rings. The molecule has 0 aliphatic rings. The van der Waals surface area contributed by atoms with E-state index >= 15 is 0 Å². The van der Waals surface area contributed by atoms with E-state index < -0.39 is 0 Å². The molecular weight excluding hydrogens is 250 g/mol. The molecular formula is C15H9N5. The zero-order valence-electron chi connectivity index (χ0n) is 10.4. The van der Waals surface area contributed by atoms with Crippen LogP contribution in [0, 0.1) is 0 Å². The minimum atomic E-state index is 0.711. The summed E-state index contributed by atoms with van der Waals surface area (Å²) >= 11 is 0. The number of aromatic nitrogens is 5. The first-order chi connectivity index (χ1) is 9.92. The van der Waals surface area contributed by atoms with Gasteiger partial charge in [0.1, 0.15) is 5.69 Å². The van der Waals surface area contributed by atoms with Crippen molar-refractivity contribution in [3.05, 3.63) is 54.9 Å². The first-order valence-corrected chi connectivity index (χ1v) is 6.21. The summed E-state index contributed by atoms with van der Waals surface area (Å²) in [6.07, 6.45) is 3.39. The fraction of sp³-hybridized carbons (Fsp3) is 0. The molecule has 4 rings (SSSR count). The lowest BCUT2D eigenvalue weighted by Crippen LogP contribution is -1.92. The van der Waals surface area contributed by atoms with Crippen LogP contribution in [0.25, 0.3) is 33.2 Å². The lowest BCUT2D eigenvalue weighted by atomic mass is 10.1. The molecule has 0 unspecified atom stereocenters. The highest BCUT2D eigenvalue weighted by Crippen LogP contribution is 2.24. The Hall–Kier alpha value is -2.95. The van der Waals surface area contributed by atoms with Crippen molar-refractivity contribution < 1.29 is 0 Å². The Morgan fingerprint density at radius 1 is 0.800 bits per heavy atom. The number of nitrogens with zero attached hydrogens (tertiary/aromatic N) is 5.